The van der Waals surface area contributed by atoms with E-state index in [0.29, 0.717) is 12.8 Å². The molecule has 0 bridgehead atoms. The predicted octanol–water partition coefficient (Wildman–Crippen LogP) is 0.438. The molecule has 0 spiro atoms. The van der Waals surface area contributed by atoms with E-state index in [1.54, 1.807) is 12.1 Å². The molecule has 1 aromatic carbocycles. The van der Waals surface area contributed by atoms with Crippen molar-refractivity contribution >= 4 is 17.7 Å². The van der Waals surface area contributed by atoms with Crippen LogP contribution < -0.4 is 10.2 Å². The van der Waals surface area contributed by atoms with Crippen molar-refractivity contribution in [1.29, 1.82) is 0 Å². The van der Waals surface area contributed by atoms with Gasteiger partial charge in [0.25, 0.3) is 0 Å². The maximum atomic E-state index is 12.6. The van der Waals surface area contributed by atoms with Crippen molar-refractivity contribution in [3.05, 3.63) is 47.5 Å². The topological polar surface area (TPSA) is 97.3 Å². The molecule has 1 saturated carbocycles. The van der Waals surface area contributed by atoms with Crippen molar-refractivity contribution in [1.82, 2.24) is 0 Å². The summed E-state index contributed by atoms with van der Waals surface area (Å²) < 4.78 is 0. The van der Waals surface area contributed by atoms with Crippen molar-refractivity contribution < 1.29 is 24.6 Å². The molecule has 0 aromatic heterocycles. The van der Waals surface area contributed by atoms with E-state index in [0.717, 1.165) is 18.4 Å². The second-order valence-corrected chi connectivity index (χ2v) is 6.45. The van der Waals surface area contributed by atoms with Crippen LogP contribution in [0.25, 0.3) is 0 Å². The van der Waals surface area contributed by atoms with Gasteiger partial charge in [-0.3, -0.25) is 4.79 Å². The summed E-state index contributed by atoms with van der Waals surface area (Å²) >= 11 is 0. The Morgan fingerprint density at radius 2 is 1.67 bits per heavy atom. The smallest absolute Gasteiger partial charge is 0.137 e. The Hall–Kier alpha value is -2.43. The van der Waals surface area contributed by atoms with Crippen LogP contribution in [0.4, 0.5) is 0 Å². The summed E-state index contributed by atoms with van der Waals surface area (Å²) in [4.78, 5) is 36.0. The minimum atomic E-state index is -2.10. The predicted molar refractivity (Wildman–Crippen MR) is 83.6 cm³/mol. The molecule has 1 aliphatic carbocycles. The highest BCUT2D eigenvalue weighted by Gasteiger charge is 2.41. The summed E-state index contributed by atoms with van der Waals surface area (Å²) in [6.07, 6.45) is 2.76. The minimum Gasteiger partial charge on any atom is -0.549 e. The largest absolute Gasteiger partial charge is 0.549 e. The fourth-order valence-electron chi connectivity index (χ4n) is 3.36. The SMILES string of the molecule is C=C(C(=O)[O-])C(CC(=O)C1CCCC1)(C(=O)[O-])c1ccc(C)cc1. The van der Waals surface area contributed by atoms with Gasteiger partial charge in [-0.05, 0) is 30.9 Å². The molecule has 1 fully saturated rings. The first-order valence-electron chi connectivity index (χ1n) is 8.01. The highest BCUT2D eigenvalue weighted by atomic mass is 16.4. The Kier molecular flexibility index (Phi) is 5.22. The molecule has 0 radical (unpaired) electrons. The van der Waals surface area contributed by atoms with E-state index in [9.17, 15) is 24.6 Å². The number of hydrogen-bond acceptors (Lipinski definition) is 5. The van der Waals surface area contributed by atoms with E-state index in [-0.39, 0.29) is 17.3 Å². The third-order valence-corrected chi connectivity index (χ3v) is 4.90. The summed E-state index contributed by atoms with van der Waals surface area (Å²) in [5, 5.41) is 23.4. The number of aliphatic carboxylic acids is 2. The first-order chi connectivity index (χ1) is 11.3. The zero-order chi connectivity index (χ0) is 17.9. The summed E-state index contributed by atoms with van der Waals surface area (Å²) in [5.74, 6) is -3.84. The van der Waals surface area contributed by atoms with Crippen molar-refractivity contribution in [2.45, 2.75) is 44.4 Å². The fraction of sp³-hybridized carbons (Fsp3) is 0.421. The summed E-state index contributed by atoms with van der Waals surface area (Å²) in [6, 6.07) is 6.33. The first kappa shape index (κ1) is 17.9. The average Bonchev–Trinajstić information content (AvgIpc) is 3.07. The molecule has 0 amide bonds. The Morgan fingerprint density at radius 3 is 2.12 bits per heavy atom. The average molecular weight is 328 g/mol. The molecule has 0 N–H and O–H groups in total. The van der Waals surface area contributed by atoms with Crippen LogP contribution in [0.1, 0.15) is 43.2 Å². The number of rotatable bonds is 7. The number of carboxylic acid groups (broad SMARTS) is 2. The van der Waals surface area contributed by atoms with Crippen molar-refractivity contribution in [2.75, 3.05) is 0 Å². The molecule has 0 heterocycles. The Morgan fingerprint density at radius 1 is 1.12 bits per heavy atom. The van der Waals surface area contributed by atoms with E-state index >= 15 is 0 Å². The molecule has 1 aliphatic rings. The molecule has 0 saturated heterocycles. The lowest BCUT2D eigenvalue weighted by Gasteiger charge is -2.38. The van der Waals surface area contributed by atoms with Gasteiger partial charge in [0.2, 0.25) is 0 Å². The third kappa shape index (κ3) is 3.25. The minimum absolute atomic E-state index is 0.175. The maximum Gasteiger partial charge on any atom is 0.137 e. The van der Waals surface area contributed by atoms with Crippen LogP contribution in [0.15, 0.2) is 36.4 Å². The number of hydrogen-bond donors (Lipinski definition) is 0. The van der Waals surface area contributed by atoms with Crippen LogP contribution in [0, 0.1) is 12.8 Å². The highest BCUT2D eigenvalue weighted by Crippen LogP contribution is 2.38. The number of carbonyl (C=O) groups excluding carboxylic acids is 3. The van der Waals surface area contributed by atoms with E-state index < -0.39 is 29.3 Å². The van der Waals surface area contributed by atoms with Crippen LogP contribution in [0.3, 0.4) is 0 Å². The van der Waals surface area contributed by atoms with Gasteiger partial charge in [0, 0.05) is 12.3 Å². The molecular formula is C19H20O5-2. The van der Waals surface area contributed by atoms with Crippen molar-refractivity contribution in [2.24, 2.45) is 5.92 Å². The number of Topliss-reactive ketones (excluding diaryl/α,β-unsaturated/α-hetero) is 1. The molecule has 2 rings (SSSR count). The quantitative estimate of drug-likeness (QED) is 0.676. The Balaban J connectivity index is 2.51. The van der Waals surface area contributed by atoms with Gasteiger partial charge in [0.15, 0.2) is 0 Å². The second-order valence-electron chi connectivity index (χ2n) is 6.45. The van der Waals surface area contributed by atoms with Crippen LogP contribution in [-0.4, -0.2) is 17.7 Å². The molecule has 5 nitrogen and oxygen atoms in total. The normalized spacial score (nSPS) is 17.2. The number of benzene rings is 1. The van der Waals surface area contributed by atoms with E-state index in [2.05, 4.69) is 6.58 Å². The van der Waals surface area contributed by atoms with E-state index in [1.807, 2.05) is 6.92 Å². The molecule has 1 unspecified atom stereocenters. The molecule has 1 atom stereocenters. The molecule has 1 aromatic rings. The van der Waals surface area contributed by atoms with Gasteiger partial charge in [-0.1, -0.05) is 49.2 Å². The van der Waals surface area contributed by atoms with Gasteiger partial charge >= 0.3 is 0 Å². The number of carboxylic acids is 2. The number of ketones is 1. The fourth-order valence-corrected chi connectivity index (χ4v) is 3.36. The Labute approximate surface area is 141 Å². The van der Waals surface area contributed by atoms with Crippen LogP contribution >= 0.6 is 0 Å². The lowest BCUT2D eigenvalue weighted by Crippen LogP contribution is -2.52. The first-order valence-corrected chi connectivity index (χ1v) is 8.01. The zero-order valence-corrected chi connectivity index (χ0v) is 13.7. The van der Waals surface area contributed by atoms with Gasteiger partial charge in [0.05, 0.1) is 17.4 Å². The molecule has 5 heteroatoms. The molecular weight excluding hydrogens is 308 g/mol. The second kappa shape index (κ2) is 6.99. The molecule has 0 aliphatic heterocycles. The van der Waals surface area contributed by atoms with Gasteiger partial charge in [-0.25, -0.2) is 0 Å². The van der Waals surface area contributed by atoms with E-state index in [1.165, 1.54) is 12.1 Å². The zero-order valence-electron chi connectivity index (χ0n) is 13.7. The van der Waals surface area contributed by atoms with Gasteiger partial charge < -0.3 is 19.8 Å². The highest BCUT2D eigenvalue weighted by molar-refractivity contribution is 6.02. The van der Waals surface area contributed by atoms with Gasteiger partial charge in [0.1, 0.15) is 5.78 Å². The standard InChI is InChI=1S/C19H22O5/c1-12-7-9-15(10-8-12)19(18(23)24,13(2)17(21)22)11-16(20)14-5-3-4-6-14/h7-10,14H,2-6,11H2,1H3,(H,21,22)(H,23,24)/p-2. The van der Waals surface area contributed by atoms with Gasteiger partial charge in [-0.15, -0.1) is 0 Å². The molecule has 128 valence electrons. The third-order valence-electron chi connectivity index (χ3n) is 4.90. The maximum absolute atomic E-state index is 12.6. The number of aryl methyl sites for hydroxylation is 1. The van der Waals surface area contributed by atoms with Crippen LogP contribution in [0.2, 0.25) is 0 Å². The summed E-state index contributed by atoms with van der Waals surface area (Å²) in [6.45, 7) is 5.21. The van der Waals surface area contributed by atoms with Crippen LogP contribution in [0.5, 0.6) is 0 Å². The summed E-state index contributed by atoms with van der Waals surface area (Å²) in [5.41, 5.74) is -1.70. The Bertz CT molecular complexity index is 668. The van der Waals surface area contributed by atoms with E-state index in [4.69, 9.17) is 0 Å². The lowest BCUT2D eigenvalue weighted by molar-refractivity contribution is -0.317. The van der Waals surface area contributed by atoms with Crippen molar-refractivity contribution in [3.63, 3.8) is 0 Å². The number of carbonyl (C=O) groups is 3. The van der Waals surface area contributed by atoms with Gasteiger partial charge in [-0.2, -0.15) is 0 Å². The van der Waals surface area contributed by atoms with Crippen LogP contribution in [-0.2, 0) is 19.8 Å². The monoisotopic (exact) mass is 328 g/mol. The van der Waals surface area contributed by atoms with Crippen molar-refractivity contribution in [3.8, 4) is 0 Å². The molecule has 24 heavy (non-hydrogen) atoms. The summed E-state index contributed by atoms with van der Waals surface area (Å²) in [7, 11) is 0. The lowest BCUT2D eigenvalue weighted by atomic mass is 9.69.